The molecule has 0 unspecified atom stereocenters. The van der Waals surface area contributed by atoms with E-state index in [0.717, 1.165) is 0 Å². The maximum Gasteiger partial charge on any atom is 0.259 e. The van der Waals surface area contributed by atoms with Gasteiger partial charge < -0.3 is 10.6 Å². The summed E-state index contributed by atoms with van der Waals surface area (Å²) >= 11 is 0. The van der Waals surface area contributed by atoms with Crippen molar-refractivity contribution in [1.29, 1.82) is 0 Å². The first-order chi connectivity index (χ1) is 12.5. The van der Waals surface area contributed by atoms with E-state index in [1.54, 1.807) is 55.1 Å². The number of carbonyl (C=O) groups excluding carboxylic acids is 2. The number of hydrogen-bond acceptors (Lipinski definition) is 3. The molecule has 132 valence electrons. The molecule has 0 atom stereocenters. The van der Waals surface area contributed by atoms with Gasteiger partial charge in [0, 0.05) is 18.3 Å². The lowest BCUT2D eigenvalue weighted by molar-refractivity contribution is 0.0962. The number of rotatable bonds is 4. The molecule has 26 heavy (non-hydrogen) atoms. The average Bonchev–Trinajstić information content (AvgIpc) is 3.04. The first-order valence-electron chi connectivity index (χ1n) is 7.93. The quantitative estimate of drug-likeness (QED) is 0.758. The minimum absolute atomic E-state index is 0.195. The van der Waals surface area contributed by atoms with Gasteiger partial charge in [-0.25, -0.2) is 9.07 Å². The van der Waals surface area contributed by atoms with Crippen molar-refractivity contribution in [2.24, 2.45) is 0 Å². The fraction of sp³-hybridized carbons (Fsp3) is 0.105. The standard InChI is InChI=1S/C19H17FN4O2/c1-12-17(11-22-24(12)16-9-5-14(20)6-10-16)19(26)23-15-7-3-13(4-8-15)18(25)21-2/h3-11H,1-2H3,(H,21,25)(H,23,26). The lowest BCUT2D eigenvalue weighted by atomic mass is 10.2. The molecule has 0 radical (unpaired) electrons. The fourth-order valence-electron chi connectivity index (χ4n) is 2.52. The van der Waals surface area contributed by atoms with Crippen LogP contribution < -0.4 is 10.6 Å². The van der Waals surface area contributed by atoms with Crippen molar-refractivity contribution in [2.45, 2.75) is 6.92 Å². The van der Waals surface area contributed by atoms with Crippen molar-refractivity contribution < 1.29 is 14.0 Å². The van der Waals surface area contributed by atoms with E-state index in [4.69, 9.17) is 0 Å². The summed E-state index contributed by atoms with van der Waals surface area (Å²) in [6.45, 7) is 1.76. The summed E-state index contributed by atoms with van der Waals surface area (Å²) < 4.78 is 14.6. The van der Waals surface area contributed by atoms with Crippen LogP contribution in [0.15, 0.2) is 54.7 Å². The van der Waals surface area contributed by atoms with Crippen LogP contribution in [0.2, 0.25) is 0 Å². The molecule has 2 aromatic carbocycles. The van der Waals surface area contributed by atoms with E-state index in [9.17, 15) is 14.0 Å². The van der Waals surface area contributed by atoms with Gasteiger partial charge in [-0.1, -0.05) is 0 Å². The molecular weight excluding hydrogens is 335 g/mol. The van der Waals surface area contributed by atoms with Crippen LogP contribution in [-0.4, -0.2) is 28.6 Å². The van der Waals surface area contributed by atoms with E-state index >= 15 is 0 Å². The van der Waals surface area contributed by atoms with Gasteiger partial charge in [-0.15, -0.1) is 0 Å². The summed E-state index contributed by atoms with van der Waals surface area (Å²) in [5, 5.41) is 9.52. The van der Waals surface area contributed by atoms with E-state index in [2.05, 4.69) is 15.7 Å². The number of halogens is 1. The molecule has 1 heterocycles. The second kappa shape index (κ2) is 7.18. The summed E-state index contributed by atoms with van der Waals surface area (Å²) in [4.78, 5) is 24.0. The zero-order valence-electron chi connectivity index (χ0n) is 14.3. The largest absolute Gasteiger partial charge is 0.355 e. The fourth-order valence-corrected chi connectivity index (χ4v) is 2.52. The highest BCUT2D eigenvalue weighted by Gasteiger charge is 2.15. The Morgan fingerprint density at radius 1 is 1.00 bits per heavy atom. The zero-order valence-corrected chi connectivity index (χ0v) is 14.3. The molecule has 0 saturated carbocycles. The Morgan fingerprint density at radius 2 is 1.65 bits per heavy atom. The van der Waals surface area contributed by atoms with Crippen molar-refractivity contribution in [1.82, 2.24) is 15.1 Å². The van der Waals surface area contributed by atoms with E-state index in [-0.39, 0.29) is 17.6 Å². The molecule has 0 aliphatic heterocycles. The number of hydrogen-bond donors (Lipinski definition) is 2. The van der Waals surface area contributed by atoms with Gasteiger partial charge in [0.25, 0.3) is 11.8 Å². The molecule has 0 fully saturated rings. The Balaban J connectivity index is 1.78. The monoisotopic (exact) mass is 352 g/mol. The van der Waals surface area contributed by atoms with E-state index < -0.39 is 0 Å². The SMILES string of the molecule is CNC(=O)c1ccc(NC(=O)c2cnn(-c3ccc(F)cc3)c2C)cc1. The number of amides is 2. The maximum atomic E-state index is 13.1. The number of benzene rings is 2. The van der Waals surface area contributed by atoms with Gasteiger partial charge in [0.1, 0.15) is 5.82 Å². The van der Waals surface area contributed by atoms with Crippen LogP contribution in [-0.2, 0) is 0 Å². The normalized spacial score (nSPS) is 10.4. The third-order valence-corrected chi connectivity index (χ3v) is 3.96. The highest BCUT2D eigenvalue weighted by atomic mass is 19.1. The number of nitrogens with zero attached hydrogens (tertiary/aromatic N) is 2. The highest BCUT2D eigenvalue weighted by molar-refractivity contribution is 6.05. The van der Waals surface area contributed by atoms with E-state index in [1.807, 2.05) is 0 Å². The average molecular weight is 352 g/mol. The summed E-state index contributed by atoms with van der Waals surface area (Å²) in [6, 6.07) is 12.4. The number of carbonyl (C=O) groups is 2. The summed E-state index contributed by atoms with van der Waals surface area (Å²) in [5.74, 6) is -0.848. The highest BCUT2D eigenvalue weighted by Crippen LogP contribution is 2.17. The molecule has 1 aromatic heterocycles. The van der Waals surface area contributed by atoms with E-state index in [0.29, 0.717) is 28.2 Å². The summed E-state index contributed by atoms with van der Waals surface area (Å²) in [5.41, 5.74) is 2.78. The Kier molecular flexibility index (Phi) is 4.79. The molecular formula is C19H17FN4O2. The molecule has 6 nitrogen and oxygen atoms in total. The van der Waals surface area contributed by atoms with Crippen LogP contribution in [0.25, 0.3) is 5.69 Å². The molecule has 0 spiro atoms. The minimum atomic E-state index is -0.336. The number of aromatic nitrogens is 2. The molecule has 0 bridgehead atoms. The Bertz CT molecular complexity index is 947. The molecule has 0 aliphatic rings. The van der Waals surface area contributed by atoms with Crippen LogP contribution >= 0.6 is 0 Å². The van der Waals surface area contributed by atoms with Crippen LogP contribution in [0.3, 0.4) is 0 Å². The number of nitrogens with one attached hydrogen (secondary N) is 2. The maximum absolute atomic E-state index is 13.1. The molecule has 2 N–H and O–H groups in total. The molecule has 0 saturated heterocycles. The zero-order chi connectivity index (χ0) is 18.7. The summed E-state index contributed by atoms with van der Waals surface area (Å²) in [6.07, 6.45) is 1.47. The van der Waals surface area contributed by atoms with Crippen molar-refractivity contribution in [3.63, 3.8) is 0 Å². The van der Waals surface area contributed by atoms with Crippen molar-refractivity contribution in [3.8, 4) is 5.69 Å². The first kappa shape index (κ1) is 17.3. The van der Waals surface area contributed by atoms with Gasteiger partial charge in [-0.2, -0.15) is 5.10 Å². The molecule has 3 rings (SSSR count). The second-order valence-electron chi connectivity index (χ2n) is 5.64. The van der Waals surface area contributed by atoms with Gasteiger partial charge in [0.15, 0.2) is 0 Å². The van der Waals surface area contributed by atoms with E-state index in [1.165, 1.54) is 18.3 Å². The molecule has 7 heteroatoms. The summed E-state index contributed by atoms with van der Waals surface area (Å²) in [7, 11) is 1.56. The Morgan fingerprint density at radius 3 is 2.27 bits per heavy atom. The van der Waals surface area contributed by atoms with Crippen molar-refractivity contribution in [3.05, 3.63) is 77.4 Å². The van der Waals surface area contributed by atoms with Crippen LogP contribution in [0.4, 0.5) is 10.1 Å². The van der Waals surface area contributed by atoms with Crippen LogP contribution in [0.1, 0.15) is 26.4 Å². The van der Waals surface area contributed by atoms with Gasteiger partial charge in [-0.05, 0) is 55.5 Å². The minimum Gasteiger partial charge on any atom is -0.355 e. The lowest BCUT2D eigenvalue weighted by Gasteiger charge is -2.07. The topological polar surface area (TPSA) is 76.0 Å². The van der Waals surface area contributed by atoms with Crippen LogP contribution in [0, 0.1) is 12.7 Å². The first-order valence-corrected chi connectivity index (χ1v) is 7.93. The smallest absolute Gasteiger partial charge is 0.259 e. The molecule has 2 amide bonds. The van der Waals surface area contributed by atoms with Gasteiger partial charge in [0.2, 0.25) is 0 Å². The van der Waals surface area contributed by atoms with Gasteiger partial charge in [-0.3, -0.25) is 9.59 Å². The number of anilines is 1. The predicted octanol–water partition coefficient (Wildman–Crippen LogP) is 2.93. The van der Waals surface area contributed by atoms with Crippen LogP contribution in [0.5, 0.6) is 0 Å². The second-order valence-corrected chi connectivity index (χ2v) is 5.64. The van der Waals surface area contributed by atoms with Gasteiger partial charge >= 0.3 is 0 Å². The van der Waals surface area contributed by atoms with Crippen molar-refractivity contribution in [2.75, 3.05) is 12.4 Å². The van der Waals surface area contributed by atoms with Crippen molar-refractivity contribution >= 4 is 17.5 Å². The third-order valence-electron chi connectivity index (χ3n) is 3.96. The van der Waals surface area contributed by atoms with Gasteiger partial charge in [0.05, 0.1) is 23.1 Å². The Hall–Kier alpha value is -3.48. The third kappa shape index (κ3) is 3.46. The molecule has 0 aliphatic carbocycles. The Labute approximate surface area is 149 Å². The predicted molar refractivity (Wildman–Crippen MR) is 96.0 cm³/mol. The lowest BCUT2D eigenvalue weighted by Crippen LogP contribution is -2.18. The molecule has 3 aromatic rings.